The monoisotopic (exact) mass is 361 g/mol. The fourth-order valence-electron chi connectivity index (χ4n) is 2.69. The number of hydrogen-bond donors (Lipinski definition) is 0. The van der Waals surface area contributed by atoms with Gasteiger partial charge >= 0.3 is 10.2 Å². The molecule has 0 spiro atoms. The first-order valence-electron chi connectivity index (χ1n) is 6.65. The molecule has 0 N–H and O–H groups in total. The molecule has 0 aliphatic carbocycles. The maximum Gasteiger partial charge on any atom is 0.302 e. The van der Waals surface area contributed by atoms with E-state index in [0.717, 1.165) is 17.0 Å². The number of nitro benzene ring substituents is 2. The minimum atomic E-state index is -4.84. The molecule has 0 saturated carbocycles. The van der Waals surface area contributed by atoms with Crippen molar-refractivity contribution in [2.75, 3.05) is 17.2 Å². The molecule has 24 heavy (non-hydrogen) atoms. The zero-order chi connectivity index (χ0) is 18.2. The molecule has 12 heteroatoms. The zero-order valence-electron chi connectivity index (χ0n) is 12.3. The summed E-state index contributed by atoms with van der Waals surface area (Å²) in [4.78, 5) is 33.6. The Morgan fingerprint density at radius 1 is 1.25 bits per heavy atom. The van der Waals surface area contributed by atoms with Gasteiger partial charge in [-0.1, -0.05) is 0 Å². The molecule has 130 valence electrons. The summed E-state index contributed by atoms with van der Waals surface area (Å²) in [5, 5.41) is 22.4. The number of amides is 1. The Balaban J connectivity index is 2.53. The average Bonchev–Trinajstić information content (AvgIpc) is 2.75. The molecule has 1 aliphatic heterocycles. The molecule has 1 unspecified atom stereocenters. The van der Waals surface area contributed by atoms with Gasteiger partial charge in [-0.3, -0.25) is 25.0 Å². The molecule has 10 nitrogen and oxygen atoms in total. The second-order valence-electron chi connectivity index (χ2n) is 5.45. The van der Waals surface area contributed by atoms with E-state index in [-0.39, 0.29) is 18.5 Å². The van der Waals surface area contributed by atoms with Crippen LogP contribution >= 0.6 is 0 Å². The van der Waals surface area contributed by atoms with Gasteiger partial charge in [-0.25, -0.2) is 0 Å². The number of hydrogen-bond acceptors (Lipinski definition) is 7. The highest BCUT2D eigenvalue weighted by Crippen LogP contribution is 2.41. The van der Waals surface area contributed by atoms with Gasteiger partial charge < -0.3 is 4.90 Å². The molecule has 2 rings (SSSR count). The van der Waals surface area contributed by atoms with Crippen LogP contribution in [-0.2, 0) is 15.0 Å². The van der Waals surface area contributed by atoms with Gasteiger partial charge in [0, 0.05) is 31.0 Å². The summed E-state index contributed by atoms with van der Waals surface area (Å²) in [6.07, 6.45) is -0.370. The van der Waals surface area contributed by atoms with Gasteiger partial charge in [0.25, 0.3) is 11.4 Å². The Bertz CT molecular complexity index is 804. The maximum atomic E-state index is 12.8. The van der Waals surface area contributed by atoms with Crippen LogP contribution < -0.4 is 4.90 Å². The average molecular weight is 361 g/mol. The topological polar surface area (TPSA) is 141 Å². The van der Waals surface area contributed by atoms with Gasteiger partial charge in [-0.2, -0.15) is 8.42 Å². The van der Waals surface area contributed by atoms with Crippen LogP contribution in [0.4, 0.5) is 20.9 Å². The van der Waals surface area contributed by atoms with Gasteiger partial charge in [-0.15, -0.1) is 3.89 Å². The Hall–Kier alpha value is -2.63. The Morgan fingerprint density at radius 2 is 1.75 bits per heavy atom. The summed E-state index contributed by atoms with van der Waals surface area (Å²) in [6, 6.07) is 2.16. The second-order valence-corrected chi connectivity index (χ2v) is 6.86. The van der Waals surface area contributed by atoms with Gasteiger partial charge in [-0.05, 0) is 12.5 Å². The summed E-state index contributed by atoms with van der Waals surface area (Å²) >= 11 is 0. The van der Waals surface area contributed by atoms with E-state index in [0.29, 0.717) is 0 Å². The Kier molecular flexibility index (Phi) is 4.51. The number of carbonyl (C=O) groups excluding carboxylic acids is 1. The summed E-state index contributed by atoms with van der Waals surface area (Å²) in [5.41, 5.74) is -1.54. The summed E-state index contributed by atoms with van der Waals surface area (Å²) < 4.78 is 34.2. The quantitative estimate of drug-likeness (QED) is 0.439. The molecule has 1 saturated heterocycles. The van der Waals surface area contributed by atoms with Crippen molar-refractivity contribution in [1.82, 2.24) is 0 Å². The second kappa shape index (κ2) is 6.11. The van der Waals surface area contributed by atoms with Crippen LogP contribution in [-0.4, -0.2) is 36.5 Å². The largest absolute Gasteiger partial charge is 0.302 e. The molecule has 0 bridgehead atoms. The number of nitrogens with zero attached hydrogens (tertiary/aromatic N) is 3. The van der Waals surface area contributed by atoms with E-state index in [2.05, 4.69) is 0 Å². The van der Waals surface area contributed by atoms with E-state index in [1.54, 1.807) is 0 Å². The lowest BCUT2D eigenvalue weighted by molar-refractivity contribution is -0.392. The van der Waals surface area contributed by atoms with Crippen LogP contribution in [0.5, 0.6) is 0 Å². The molecule has 1 aromatic carbocycles. The first-order valence-corrected chi connectivity index (χ1v) is 8.21. The number of rotatable bonds is 5. The predicted molar refractivity (Wildman–Crippen MR) is 79.8 cm³/mol. The number of halogens is 1. The standard InChI is InChI=1S/C12H12FN3O7S/c1-7-2-9(15(18)19)12(10(3-7)16(20)21)14-5-8(4-11(14)17)6-24(13,22)23/h2-3,8H,4-6H2,1H3. The van der Waals surface area contributed by atoms with Crippen LogP contribution in [0.25, 0.3) is 0 Å². The van der Waals surface area contributed by atoms with Crippen molar-refractivity contribution in [3.05, 3.63) is 37.9 Å². The van der Waals surface area contributed by atoms with Crippen molar-refractivity contribution >= 4 is 33.2 Å². The van der Waals surface area contributed by atoms with Gasteiger partial charge in [0.15, 0.2) is 0 Å². The molecule has 0 aromatic heterocycles. The molecule has 1 fully saturated rings. The van der Waals surface area contributed by atoms with Crippen LogP contribution in [0.1, 0.15) is 12.0 Å². The van der Waals surface area contributed by atoms with E-state index in [9.17, 15) is 37.3 Å². The fraction of sp³-hybridized carbons (Fsp3) is 0.417. The zero-order valence-corrected chi connectivity index (χ0v) is 13.2. The van der Waals surface area contributed by atoms with Gasteiger partial charge in [0.05, 0.1) is 15.6 Å². The van der Waals surface area contributed by atoms with Gasteiger partial charge in [0.1, 0.15) is 0 Å². The molecule has 1 atom stereocenters. The minimum Gasteiger partial charge on any atom is -0.300 e. The molecule has 0 radical (unpaired) electrons. The van der Waals surface area contributed by atoms with Crippen molar-refractivity contribution < 1.29 is 26.9 Å². The number of nitro groups is 2. The number of carbonyl (C=O) groups is 1. The lowest BCUT2D eigenvalue weighted by Gasteiger charge is -2.17. The fourth-order valence-corrected chi connectivity index (χ4v) is 3.47. The third-order valence-corrected chi connectivity index (χ3v) is 4.39. The van der Waals surface area contributed by atoms with E-state index in [1.165, 1.54) is 6.92 Å². The number of benzene rings is 1. The highest BCUT2D eigenvalue weighted by molar-refractivity contribution is 7.86. The Labute approximate surface area is 135 Å². The van der Waals surface area contributed by atoms with Crippen molar-refractivity contribution in [2.24, 2.45) is 5.92 Å². The smallest absolute Gasteiger partial charge is 0.300 e. The number of aryl methyl sites for hydroxylation is 1. The maximum absolute atomic E-state index is 12.8. The molecule has 1 aliphatic rings. The molecule has 1 amide bonds. The van der Waals surface area contributed by atoms with E-state index < -0.39 is 54.7 Å². The summed E-state index contributed by atoms with van der Waals surface area (Å²) in [6.45, 7) is 1.07. The highest BCUT2D eigenvalue weighted by atomic mass is 32.3. The van der Waals surface area contributed by atoms with Crippen molar-refractivity contribution in [2.45, 2.75) is 13.3 Å². The predicted octanol–water partition coefficient (Wildman–Crippen LogP) is 1.46. The van der Waals surface area contributed by atoms with Crippen LogP contribution in [0, 0.1) is 33.1 Å². The minimum absolute atomic E-state index is 0.256. The third-order valence-electron chi connectivity index (χ3n) is 3.52. The van der Waals surface area contributed by atoms with Crippen molar-refractivity contribution in [3.8, 4) is 0 Å². The first-order chi connectivity index (χ1) is 11.0. The van der Waals surface area contributed by atoms with E-state index in [4.69, 9.17) is 0 Å². The molecular weight excluding hydrogens is 349 g/mol. The number of anilines is 1. The van der Waals surface area contributed by atoms with E-state index in [1.807, 2.05) is 0 Å². The highest BCUT2D eigenvalue weighted by Gasteiger charge is 2.40. The lowest BCUT2D eigenvalue weighted by Crippen LogP contribution is -2.27. The summed E-state index contributed by atoms with van der Waals surface area (Å²) in [5.74, 6) is -2.60. The Morgan fingerprint density at radius 3 is 2.17 bits per heavy atom. The lowest BCUT2D eigenvalue weighted by atomic mass is 10.1. The third kappa shape index (κ3) is 3.64. The van der Waals surface area contributed by atoms with E-state index >= 15 is 0 Å². The SMILES string of the molecule is Cc1cc([N+](=O)[O-])c(N2CC(CS(=O)(=O)F)CC2=O)c([N+](=O)[O-])c1. The first kappa shape index (κ1) is 17.7. The summed E-state index contributed by atoms with van der Waals surface area (Å²) in [7, 11) is -4.84. The van der Waals surface area contributed by atoms with Crippen molar-refractivity contribution in [1.29, 1.82) is 0 Å². The van der Waals surface area contributed by atoms with Crippen LogP contribution in [0.3, 0.4) is 0 Å². The molecule has 1 aromatic rings. The molecule has 1 heterocycles. The molecular formula is C12H12FN3O7S. The van der Waals surface area contributed by atoms with Gasteiger partial charge in [0.2, 0.25) is 11.6 Å². The van der Waals surface area contributed by atoms with Crippen LogP contribution in [0.15, 0.2) is 12.1 Å². The van der Waals surface area contributed by atoms with Crippen LogP contribution in [0.2, 0.25) is 0 Å². The van der Waals surface area contributed by atoms with Crippen molar-refractivity contribution in [3.63, 3.8) is 0 Å². The normalized spacial score (nSPS) is 18.0.